The maximum Gasteiger partial charge on any atom is 0.312 e. The number of esters is 1. The summed E-state index contributed by atoms with van der Waals surface area (Å²) < 4.78 is 19.7. The molecule has 1 aromatic carbocycles. The number of aryl methyl sites for hydroxylation is 1. The van der Waals surface area contributed by atoms with Gasteiger partial charge in [-0.2, -0.15) is 0 Å². The first-order valence-corrected chi connectivity index (χ1v) is 8.60. The highest BCUT2D eigenvalue weighted by molar-refractivity contribution is 7.09. The van der Waals surface area contributed by atoms with Crippen molar-refractivity contribution in [2.45, 2.75) is 40.0 Å². The molecule has 0 unspecified atom stereocenters. The first-order valence-electron chi connectivity index (χ1n) is 7.79. The summed E-state index contributed by atoms with van der Waals surface area (Å²) in [6, 6.07) is 5.66. The van der Waals surface area contributed by atoms with Gasteiger partial charge in [0.2, 0.25) is 11.8 Å². The summed E-state index contributed by atoms with van der Waals surface area (Å²) in [5.41, 5.74) is 0.520. The van der Waals surface area contributed by atoms with E-state index in [1.165, 1.54) is 40.2 Å². The first kappa shape index (κ1) is 18.1. The third kappa shape index (κ3) is 3.97. The molecule has 2 rings (SSSR count). The molecule has 1 aromatic heterocycles. The molecule has 5 nitrogen and oxygen atoms in total. The minimum Gasteiger partial charge on any atom is -0.408 e. The van der Waals surface area contributed by atoms with E-state index in [1.807, 2.05) is 6.92 Å². The third-order valence-corrected chi connectivity index (χ3v) is 4.44. The van der Waals surface area contributed by atoms with Crippen molar-refractivity contribution >= 4 is 28.9 Å². The van der Waals surface area contributed by atoms with Crippen LogP contribution in [0.2, 0.25) is 0 Å². The van der Waals surface area contributed by atoms with Crippen molar-refractivity contribution in [3.8, 4) is 5.88 Å². The molecule has 0 N–H and O–H groups in total. The Kier molecular flexibility index (Phi) is 6.03. The van der Waals surface area contributed by atoms with Crippen molar-refractivity contribution in [2.24, 2.45) is 4.99 Å². The van der Waals surface area contributed by atoms with Crippen LogP contribution in [0, 0.1) is 5.82 Å². The number of hydrogen-bond acceptors (Lipinski definition) is 5. The van der Waals surface area contributed by atoms with Crippen molar-refractivity contribution in [3.63, 3.8) is 0 Å². The van der Waals surface area contributed by atoms with Crippen LogP contribution < -0.4 is 9.54 Å². The second-order valence-corrected chi connectivity index (χ2v) is 6.03. The predicted octanol–water partition coefficient (Wildman–Crippen LogP) is 3.85. The molecule has 0 atom stereocenters. The van der Waals surface area contributed by atoms with Gasteiger partial charge in [0.25, 0.3) is 0 Å². The highest BCUT2D eigenvalue weighted by Crippen LogP contribution is 2.24. The lowest BCUT2D eigenvalue weighted by Crippen LogP contribution is -2.24. The Labute approximate surface area is 143 Å². The molecule has 7 heteroatoms. The van der Waals surface area contributed by atoms with Gasteiger partial charge in [-0.3, -0.25) is 9.59 Å². The van der Waals surface area contributed by atoms with Crippen molar-refractivity contribution in [1.29, 1.82) is 0 Å². The Balaban J connectivity index is 2.64. The Morgan fingerprint density at radius 2 is 1.83 bits per heavy atom. The van der Waals surface area contributed by atoms with E-state index >= 15 is 0 Å². The lowest BCUT2D eigenvalue weighted by atomic mass is 10.3. The molecule has 128 valence electrons. The third-order valence-electron chi connectivity index (χ3n) is 3.27. The minimum atomic E-state index is -0.409. The van der Waals surface area contributed by atoms with Crippen LogP contribution >= 0.6 is 11.3 Å². The number of aromatic nitrogens is 1. The number of nitrogens with zero attached hydrogens (tertiary/aromatic N) is 2. The zero-order valence-electron chi connectivity index (χ0n) is 13.8. The summed E-state index contributed by atoms with van der Waals surface area (Å²) in [5.74, 6) is -0.745. The standard InChI is InChI=1S/C17H19FN2O3S/c1-4-13-16(23-15(22)6-3)20(14(21)5-2)17(24-13)19-12-9-7-11(18)8-10-12/h7-10H,4-6H2,1-3H3. The predicted molar refractivity (Wildman–Crippen MR) is 90.2 cm³/mol. The topological polar surface area (TPSA) is 60.7 Å². The molecule has 0 spiro atoms. The minimum absolute atomic E-state index is 0.212. The normalized spacial score (nSPS) is 11.6. The van der Waals surface area contributed by atoms with Crippen molar-refractivity contribution in [2.75, 3.05) is 0 Å². The number of hydrogen-bond donors (Lipinski definition) is 0. The fourth-order valence-corrected chi connectivity index (χ4v) is 3.01. The van der Waals surface area contributed by atoms with Crippen LogP contribution in [-0.4, -0.2) is 16.4 Å². The van der Waals surface area contributed by atoms with Crippen molar-refractivity contribution in [3.05, 3.63) is 39.8 Å². The molecule has 24 heavy (non-hydrogen) atoms. The molecule has 0 fully saturated rings. The van der Waals surface area contributed by atoms with Gasteiger partial charge in [0.05, 0.1) is 10.6 Å². The van der Waals surface area contributed by atoms with Crippen molar-refractivity contribution < 1.29 is 18.7 Å². The van der Waals surface area contributed by atoms with E-state index in [9.17, 15) is 14.0 Å². The van der Waals surface area contributed by atoms with Gasteiger partial charge in [-0.25, -0.2) is 13.9 Å². The van der Waals surface area contributed by atoms with Gasteiger partial charge >= 0.3 is 5.97 Å². The lowest BCUT2D eigenvalue weighted by Gasteiger charge is -2.08. The summed E-state index contributed by atoms with van der Waals surface area (Å²) in [5, 5.41) is 0. The van der Waals surface area contributed by atoms with Crippen LogP contribution in [0.4, 0.5) is 10.1 Å². The molecular formula is C17H19FN2O3S. The number of carbonyl (C=O) groups excluding carboxylic acids is 2. The van der Waals surface area contributed by atoms with Crippen molar-refractivity contribution in [1.82, 2.24) is 4.57 Å². The van der Waals surface area contributed by atoms with E-state index in [0.717, 1.165) is 4.88 Å². The fourth-order valence-electron chi connectivity index (χ4n) is 1.99. The Morgan fingerprint density at radius 3 is 2.38 bits per heavy atom. The monoisotopic (exact) mass is 350 g/mol. The molecule has 0 saturated heterocycles. The van der Waals surface area contributed by atoms with Gasteiger partial charge in [-0.1, -0.05) is 32.1 Å². The van der Waals surface area contributed by atoms with Gasteiger partial charge in [0.1, 0.15) is 5.82 Å². The van der Waals surface area contributed by atoms with Crippen LogP contribution in [0.5, 0.6) is 5.88 Å². The zero-order valence-corrected chi connectivity index (χ0v) is 14.7. The molecule has 0 amide bonds. The number of halogens is 1. The van der Waals surface area contributed by atoms with E-state index in [0.29, 0.717) is 16.9 Å². The number of ether oxygens (including phenoxy) is 1. The molecule has 1 heterocycles. The molecule has 0 bridgehead atoms. The largest absolute Gasteiger partial charge is 0.408 e. The second kappa shape index (κ2) is 8.01. The van der Waals surface area contributed by atoms with E-state index < -0.39 is 5.97 Å². The maximum atomic E-state index is 13.0. The zero-order chi connectivity index (χ0) is 17.7. The summed E-state index contributed by atoms with van der Waals surface area (Å²) in [7, 11) is 0. The van der Waals surface area contributed by atoms with Gasteiger partial charge in [-0.15, -0.1) is 0 Å². The second-order valence-electron chi connectivity index (χ2n) is 4.97. The summed E-state index contributed by atoms with van der Waals surface area (Å²) in [6.45, 7) is 5.33. The smallest absolute Gasteiger partial charge is 0.312 e. The summed E-state index contributed by atoms with van der Waals surface area (Å²) in [4.78, 5) is 29.6. The lowest BCUT2D eigenvalue weighted by molar-refractivity contribution is -0.134. The number of rotatable bonds is 5. The van der Waals surface area contributed by atoms with Crippen LogP contribution in [-0.2, 0) is 11.2 Å². The van der Waals surface area contributed by atoms with E-state index in [4.69, 9.17) is 4.74 Å². The Bertz CT molecular complexity index is 806. The summed E-state index contributed by atoms with van der Waals surface area (Å²) in [6.07, 6.45) is 1.06. The highest BCUT2D eigenvalue weighted by atomic mass is 32.1. The SMILES string of the molecule is CCC(=O)Oc1c(CC)sc(=Nc2ccc(F)cc2)n1C(=O)CC. The van der Waals surface area contributed by atoms with E-state index in [2.05, 4.69) is 4.99 Å². The number of thiazole rings is 1. The summed E-state index contributed by atoms with van der Waals surface area (Å²) >= 11 is 1.29. The van der Waals surface area contributed by atoms with Gasteiger partial charge in [0.15, 0.2) is 4.80 Å². The van der Waals surface area contributed by atoms with Crippen LogP contribution in [0.25, 0.3) is 0 Å². The molecule has 0 aliphatic carbocycles. The molecule has 0 saturated carbocycles. The molecule has 0 aliphatic rings. The molecule has 0 radical (unpaired) electrons. The van der Waals surface area contributed by atoms with E-state index in [-0.39, 0.29) is 30.4 Å². The average Bonchev–Trinajstić information content (AvgIpc) is 2.93. The first-order chi connectivity index (χ1) is 11.5. The molecule has 2 aromatic rings. The van der Waals surface area contributed by atoms with Gasteiger partial charge in [-0.05, 0) is 30.7 Å². The van der Waals surface area contributed by atoms with Crippen LogP contribution in [0.3, 0.4) is 0 Å². The quantitative estimate of drug-likeness (QED) is 0.770. The van der Waals surface area contributed by atoms with Crippen LogP contribution in [0.1, 0.15) is 43.3 Å². The highest BCUT2D eigenvalue weighted by Gasteiger charge is 2.20. The van der Waals surface area contributed by atoms with Gasteiger partial charge < -0.3 is 4.74 Å². The fraction of sp³-hybridized carbons (Fsp3) is 0.353. The Morgan fingerprint density at radius 1 is 1.17 bits per heavy atom. The molecular weight excluding hydrogens is 331 g/mol. The Hall–Kier alpha value is -2.28. The van der Waals surface area contributed by atoms with Crippen LogP contribution in [0.15, 0.2) is 29.3 Å². The number of carbonyl (C=O) groups is 2. The average molecular weight is 350 g/mol. The van der Waals surface area contributed by atoms with Gasteiger partial charge in [0, 0.05) is 12.8 Å². The maximum absolute atomic E-state index is 13.0. The van der Waals surface area contributed by atoms with E-state index in [1.54, 1.807) is 13.8 Å². The number of benzene rings is 1. The molecule has 0 aliphatic heterocycles.